The lowest BCUT2D eigenvalue weighted by Crippen LogP contribution is -2.46. The molecule has 1 aliphatic rings. The van der Waals surface area contributed by atoms with Crippen molar-refractivity contribution in [3.8, 4) is 5.69 Å². The van der Waals surface area contributed by atoms with E-state index in [0.29, 0.717) is 12.4 Å². The van der Waals surface area contributed by atoms with Crippen LogP contribution in [0.2, 0.25) is 0 Å². The van der Waals surface area contributed by atoms with E-state index in [1.54, 1.807) is 4.68 Å². The van der Waals surface area contributed by atoms with E-state index in [2.05, 4.69) is 50.4 Å². The van der Waals surface area contributed by atoms with E-state index in [1.165, 1.54) is 12.0 Å². The molecule has 3 aromatic rings. The second kappa shape index (κ2) is 7.80. The number of nitrogens with zero attached hydrogens (tertiary/aromatic N) is 4. The van der Waals surface area contributed by atoms with Crippen LogP contribution in [0.4, 0.5) is 5.69 Å². The molecule has 1 saturated carbocycles. The zero-order chi connectivity index (χ0) is 19.4. The fourth-order valence-corrected chi connectivity index (χ4v) is 3.69. The van der Waals surface area contributed by atoms with E-state index < -0.39 is 0 Å². The Kier molecular flexibility index (Phi) is 5.06. The van der Waals surface area contributed by atoms with Crippen molar-refractivity contribution in [3.63, 3.8) is 0 Å². The van der Waals surface area contributed by atoms with E-state index in [0.717, 1.165) is 24.2 Å². The van der Waals surface area contributed by atoms with Crippen LogP contribution < -0.4 is 10.6 Å². The maximum Gasteiger partial charge on any atom is 0.239 e. The van der Waals surface area contributed by atoms with Gasteiger partial charge in [0.1, 0.15) is 0 Å². The van der Waals surface area contributed by atoms with Crippen LogP contribution in [0.5, 0.6) is 0 Å². The van der Waals surface area contributed by atoms with Crippen molar-refractivity contribution in [3.05, 3.63) is 66.0 Å². The number of nitrogens with one attached hydrogen (secondary N) is 2. The van der Waals surface area contributed by atoms with Gasteiger partial charge in [0.15, 0.2) is 5.82 Å². The molecule has 7 heteroatoms. The van der Waals surface area contributed by atoms with Crippen LogP contribution in [0, 0.1) is 6.92 Å². The summed E-state index contributed by atoms with van der Waals surface area (Å²) in [7, 11) is 0. The van der Waals surface area contributed by atoms with Crippen LogP contribution in [0.25, 0.3) is 5.69 Å². The molecule has 1 heterocycles. The summed E-state index contributed by atoms with van der Waals surface area (Å²) in [5.74, 6) is 0.702. The first-order valence-corrected chi connectivity index (χ1v) is 9.58. The summed E-state index contributed by atoms with van der Waals surface area (Å²) >= 11 is 0. The van der Waals surface area contributed by atoms with Gasteiger partial charge in [-0.05, 0) is 54.0 Å². The van der Waals surface area contributed by atoms with E-state index in [4.69, 9.17) is 0 Å². The third-order valence-electron chi connectivity index (χ3n) is 5.49. The number of aromatic nitrogens is 4. The highest BCUT2D eigenvalue weighted by Crippen LogP contribution is 2.43. The predicted octanol–water partition coefficient (Wildman–Crippen LogP) is 2.62. The third-order valence-corrected chi connectivity index (χ3v) is 5.49. The van der Waals surface area contributed by atoms with E-state index >= 15 is 0 Å². The first-order valence-electron chi connectivity index (χ1n) is 9.58. The molecule has 1 amide bonds. The Morgan fingerprint density at radius 3 is 2.64 bits per heavy atom. The fourth-order valence-electron chi connectivity index (χ4n) is 3.69. The van der Waals surface area contributed by atoms with Gasteiger partial charge in [0.25, 0.3) is 0 Å². The summed E-state index contributed by atoms with van der Waals surface area (Å²) in [5, 5.41) is 17.8. The average Bonchev–Trinajstić information content (AvgIpc) is 3.12. The molecular weight excluding hydrogens is 352 g/mol. The SMILES string of the molecule is Cc1nnnn1-c1cccc(NCC(=O)NCC2(c3ccccc3)CCC2)c1. The monoisotopic (exact) mass is 376 g/mol. The maximum atomic E-state index is 12.4. The standard InChI is InChI=1S/C21H24N6O/c1-16-24-25-26-27(16)19-10-5-9-18(13-19)22-14-20(28)23-15-21(11-6-12-21)17-7-3-2-4-8-17/h2-5,7-10,13,22H,6,11-12,14-15H2,1H3,(H,23,28). The number of carbonyl (C=O) groups excluding carboxylic acids is 1. The number of carbonyl (C=O) groups is 1. The number of hydrogen-bond donors (Lipinski definition) is 2. The summed E-state index contributed by atoms with van der Waals surface area (Å²) in [6.45, 7) is 2.75. The van der Waals surface area contributed by atoms with Gasteiger partial charge < -0.3 is 10.6 Å². The van der Waals surface area contributed by atoms with Crippen LogP contribution in [-0.4, -0.2) is 39.2 Å². The molecule has 0 spiro atoms. The van der Waals surface area contributed by atoms with Crippen molar-refractivity contribution in [1.82, 2.24) is 25.5 Å². The minimum atomic E-state index is -0.00814. The molecule has 28 heavy (non-hydrogen) atoms. The fraction of sp³-hybridized carbons (Fsp3) is 0.333. The van der Waals surface area contributed by atoms with Gasteiger partial charge >= 0.3 is 0 Å². The Hall–Kier alpha value is -3.22. The van der Waals surface area contributed by atoms with E-state index in [9.17, 15) is 4.79 Å². The average molecular weight is 376 g/mol. The molecule has 1 aliphatic carbocycles. The molecule has 2 N–H and O–H groups in total. The highest BCUT2D eigenvalue weighted by Gasteiger charge is 2.38. The summed E-state index contributed by atoms with van der Waals surface area (Å²) in [4.78, 5) is 12.4. The molecular formula is C21H24N6O. The van der Waals surface area contributed by atoms with Gasteiger partial charge in [-0.15, -0.1) is 5.10 Å². The quantitative estimate of drug-likeness (QED) is 0.662. The van der Waals surface area contributed by atoms with Crippen molar-refractivity contribution >= 4 is 11.6 Å². The smallest absolute Gasteiger partial charge is 0.239 e. The molecule has 144 valence electrons. The summed E-state index contributed by atoms with van der Waals surface area (Å²) in [6.07, 6.45) is 3.46. The Morgan fingerprint density at radius 1 is 1.14 bits per heavy atom. The zero-order valence-electron chi connectivity index (χ0n) is 15.9. The van der Waals surface area contributed by atoms with E-state index in [1.807, 2.05) is 37.3 Å². The highest BCUT2D eigenvalue weighted by atomic mass is 16.1. The molecule has 1 fully saturated rings. The van der Waals surface area contributed by atoms with Crippen LogP contribution in [0.1, 0.15) is 30.7 Å². The van der Waals surface area contributed by atoms with Crippen LogP contribution in [0.15, 0.2) is 54.6 Å². The van der Waals surface area contributed by atoms with Crippen molar-refractivity contribution in [2.75, 3.05) is 18.4 Å². The predicted molar refractivity (Wildman–Crippen MR) is 107 cm³/mol. The number of benzene rings is 2. The first kappa shape index (κ1) is 18.2. The lowest BCUT2D eigenvalue weighted by molar-refractivity contribution is -0.119. The molecule has 7 nitrogen and oxygen atoms in total. The maximum absolute atomic E-state index is 12.4. The van der Waals surface area contributed by atoms with Crippen LogP contribution in [-0.2, 0) is 10.2 Å². The number of hydrogen-bond acceptors (Lipinski definition) is 5. The zero-order valence-corrected chi connectivity index (χ0v) is 15.9. The van der Waals surface area contributed by atoms with Crippen LogP contribution in [0.3, 0.4) is 0 Å². The lowest BCUT2D eigenvalue weighted by Gasteiger charge is -2.42. The molecule has 1 aromatic heterocycles. The molecule has 0 saturated heterocycles. The summed E-state index contributed by atoms with van der Waals surface area (Å²) in [5.41, 5.74) is 3.11. The Balaban J connectivity index is 1.33. The topological polar surface area (TPSA) is 84.7 Å². The second-order valence-corrected chi connectivity index (χ2v) is 7.32. The Morgan fingerprint density at radius 2 is 1.96 bits per heavy atom. The van der Waals surface area contributed by atoms with Crippen molar-refractivity contribution in [1.29, 1.82) is 0 Å². The molecule has 0 atom stereocenters. The van der Waals surface area contributed by atoms with E-state index in [-0.39, 0.29) is 17.9 Å². The highest BCUT2D eigenvalue weighted by molar-refractivity contribution is 5.81. The number of anilines is 1. The second-order valence-electron chi connectivity index (χ2n) is 7.32. The van der Waals surface area contributed by atoms with Crippen molar-refractivity contribution in [2.24, 2.45) is 0 Å². The molecule has 0 bridgehead atoms. The van der Waals surface area contributed by atoms with Crippen LogP contribution >= 0.6 is 0 Å². The van der Waals surface area contributed by atoms with Gasteiger partial charge in [-0.3, -0.25) is 4.79 Å². The van der Waals surface area contributed by atoms with Crippen molar-refractivity contribution in [2.45, 2.75) is 31.6 Å². The van der Waals surface area contributed by atoms with Gasteiger partial charge in [0.2, 0.25) is 5.91 Å². The number of tetrazole rings is 1. The number of amides is 1. The van der Waals surface area contributed by atoms with Gasteiger partial charge in [-0.1, -0.05) is 42.8 Å². The van der Waals surface area contributed by atoms with Gasteiger partial charge in [-0.25, -0.2) is 0 Å². The van der Waals surface area contributed by atoms with Gasteiger partial charge in [-0.2, -0.15) is 4.68 Å². The third kappa shape index (κ3) is 3.74. The summed E-state index contributed by atoms with van der Waals surface area (Å²) < 4.78 is 1.66. The molecule has 2 aromatic carbocycles. The summed E-state index contributed by atoms with van der Waals surface area (Å²) in [6, 6.07) is 18.2. The minimum absolute atomic E-state index is 0.00814. The molecule has 0 radical (unpaired) electrons. The van der Waals surface area contributed by atoms with Gasteiger partial charge in [0, 0.05) is 17.6 Å². The Bertz CT molecular complexity index is 948. The molecule has 4 rings (SSSR count). The van der Waals surface area contributed by atoms with Crippen molar-refractivity contribution < 1.29 is 4.79 Å². The molecule has 0 unspecified atom stereocenters. The minimum Gasteiger partial charge on any atom is -0.376 e. The first-order chi connectivity index (χ1) is 13.7. The lowest BCUT2D eigenvalue weighted by atomic mass is 9.64. The molecule has 0 aliphatic heterocycles. The Labute approximate surface area is 164 Å². The number of aryl methyl sites for hydroxylation is 1. The number of rotatable bonds is 7. The van der Waals surface area contributed by atoms with Gasteiger partial charge in [0.05, 0.1) is 12.2 Å². The largest absolute Gasteiger partial charge is 0.376 e. The normalized spacial score (nSPS) is 14.9.